The molecule has 0 aromatic heterocycles. The standard InChI is InChI=1S/C27H32F3NO5S/c28-27(29,30)23-10-12-24(13-11-23)37(34,35)18-19-6-8-21(9-7-19)25(32)16-22(17-36-26(33)14-15-31)20-4-2-1-3-5-20/h1-5,10-13,19,21-22H,6-9,14-18,31H2/t19?,21?,22-/m1/s1. The smallest absolute Gasteiger partial charge is 0.416 e. The van der Waals surface area contributed by atoms with E-state index in [1.165, 1.54) is 0 Å². The van der Waals surface area contributed by atoms with Crippen molar-refractivity contribution in [2.75, 3.05) is 18.9 Å². The summed E-state index contributed by atoms with van der Waals surface area (Å²) in [4.78, 5) is 24.8. The van der Waals surface area contributed by atoms with Crippen LogP contribution in [0.25, 0.3) is 0 Å². The SMILES string of the molecule is NCCC(=O)OC[C@@H](CC(=O)C1CCC(CS(=O)(=O)c2ccc(C(F)(F)F)cc2)CC1)c1ccccc1. The number of Topliss-reactive ketones (excluding diaryl/α,β-unsaturated/α-hetero) is 1. The minimum absolute atomic E-state index is 0.0489. The number of halogens is 3. The molecule has 0 heterocycles. The lowest BCUT2D eigenvalue weighted by Crippen LogP contribution is -2.27. The summed E-state index contributed by atoms with van der Waals surface area (Å²) in [5.74, 6) is -1.19. The van der Waals surface area contributed by atoms with Crippen LogP contribution in [0.1, 0.15) is 55.6 Å². The number of nitrogens with two attached hydrogens (primary N) is 1. The van der Waals surface area contributed by atoms with Crippen molar-refractivity contribution in [2.45, 2.75) is 55.5 Å². The molecule has 37 heavy (non-hydrogen) atoms. The molecule has 2 N–H and O–H groups in total. The van der Waals surface area contributed by atoms with Crippen molar-refractivity contribution < 1.29 is 35.9 Å². The van der Waals surface area contributed by atoms with Crippen LogP contribution in [0, 0.1) is 11.8 Å². The number of hydrogen-bond donors (Lipinski definition) is 1. The summed E-state index contributed by atoms with van der Waals surface area (Å²) >= 11 is 0. The maximum absolute atomic E-state index is 13.1. The Bertz CT molecular complexity index is 1140. The van der Waals surface area contributed by atoms with Crippen LogP contribution in [0.5, 0.6) is 0 Å². The lowest BCUT2D eigenvalue weighted by atomic mass is 9.78. The van der Waals surface area contributed by atoms with Gasteiger partial charge >= 0.3 is 12.1 Å². The predicted octanol–water partition coefficient (Wildman–Crippen LogP) is 4.92. The summed E-state index contributed by atoms with van der Waals surface area (Å²) in [5.41, 5.74) is 5.40. The first-order chi connectivity index (χ1) is 17.5. The van der Waals surface area contributed by atoms with Crippen molar-refractivity contribution in [2.24, 2.45) is 17.6 Å². The molecule has 6 nitrogen and oxygen atoms in total. The normalized spacial score (nSPS) is 19.2. The van der Waals surface area contributed by atoms with Gasteiger partial charge in [-0.1, -0.05) is 30.3 Å². The molecule has 0 spiro atoms. The summed E-state index contributed by atoms with van der Waals surface area (Å²) in [6.45, 7) is 0.265. The van der Waals surface area contributed by atoms with Crippen LogP contribution in [0.3, 0.4) is 0 Å². The van der Waals surface area contributed by atoms with Gasteiger partial charge in [0.1, 0.15) is 5.78 Å². The number of ketones is 1. The highest BCUT2D eigenvalue weighted by atomic mass is 32.2. The number of sulfone groups is 1. The second kappa shape index (κ2) is 12.7. The highest BCUT2D eigenvalue weighted by Gasteiger charge is 2.33. The monoisotopic (exact) mass is 539 g/mol. The Morgan fingerprint density at radius 3 is 2.16 bits per heavy atom. The van der Waals surface area contributed by atoms with Crippen molar-refractivity contribution in [3.63, 3.8) is 0 Å². The highest BCUT2D eigenvalue weighted by molar-refractivity contribution is 7.91. The Morgan fingerprint density at radius 2 is 1.59 bits per heavy atom. The molecule has 1 aliphatic rings. The molecule has 0 aliphatic heterocycles. The third kappa shape index (κ3) is 8.39. The minimum Gasteiger partial charge on any atom is -0.465 e. The molecule has 0 saturated heterocycles. The Morgan fingerprint density at radius 1 is 0.973 bits per heavy atom. The van der Waals surface area contributed by atoms with Gasteiger partial charge in [-0.2, -0.15) is 13.2 Å². The molecule has 1 saturated carbocycles. The van der Waals surface area contributed by atoms with Crippen LogP contribution in [0.15, 0.2) is 59.5 Å². The number of alkyl halides is 3. The molecule has 2 aromatic rings. The van der Waals surface area contributed by atoms with Gasteiger partial charge in [-0.25, -0.2) is 8.42 Å². The Kier molecular flexibility index (Phi) is 9.89. The van der Waals surface area contributed by atoms with E-state index < -0.39 is 27.5 Å². The van der Waals surface area contributed by atoms with E-state index in [0.717, 1.165) is 29.8 Å². The number of esters is 1. The zero-order chi connectivity index (χ0) is 27.1. The Balaban J connectivity index is 1.56. The average Bonchev–Trinajstić information content (AvgIpc) is 2.87. The van der Waals surface area contributed by atoms with Crippen LogP contribution in [-0.4, -0.2) is 39.1 Å². The van der Waals surface area contributed by atoms with Crippen molar-refractivity contribution >= 4 is 21.6 Å². The summed E-state index contributed by atoms with van der Waals surface area (Å²) in [6, 6.07) is 12.9. The largest absolute Gasteiger partial charge is 0.465 e. The minimum atomic E-state index is -4.53. The van der Waals surface area contributed by atoms with Gasteiger partial charge in [0.05, 0.1) is 29.2 Å². The van der Waals surface area contributed by atoms with E-state index >= 15 is 0 Å². The predicted molar refractivity (Wildman–Crippen MR) is 132 cm³/mol. The zero-order valence-electron chi connectivity index (χ0n) is 20.5. The molecule has 3 rings (SSSR count). The topological polar surface area (TPSA) is 104 Å². The highest BCUT2D eigenvalue weighted by Crippen LogP contribution is 2.35. The third-order valence-electron chi connectivity index (χ3n) is 6.81. The van der Waals surface area contributed by atoms with Crippen LogP contribution in [-0.2, 0) is 30.3 Å². The first-order valence-electron chi connectivity index (χ1n) is 12.3. The molecule has 0 radical (unpaired) electrons. The summed E-state index contributed by atoms with van der Waals surface area (Å²) in [7, 11) is -3.74. The van der Waals surface area contributed by atoms with Gasteiger partial charge in [0.2, 0.25) is 0 Å². The molecule has 10 heteroatoms. The summed E-state index contributed by atoms with van der Waals surface area (Å²) in [5, 5.41) is 0. The van der Waals surface area contributed by atoms with Crippen molar-refractivity contribution in [3.8, 4) is 0 Å². The fraction of sp³-hybridized carbons (Fsp3) is 0.481. The molecule has 1 atom stereocenters. The van der Waals surface area contributed by atoms with Crippen LogP contribution in [0.2, 0.25) is 0 Å². The van der Waals surface area contributed by atoms with E-state index in [0.29, 0.717) is 25.7 Å². The zero-order valence-corrected chi connectivity index (χ0v) is 21.3. The Hall–Kier alpha value is -2.72. The first-order valence-corrected chi connectivity index (χ1v) is 14.0. The molecule has 0 amide bonds. The van der Waals surface area contributed by atoms with Gasteiger partial charge < -0.3 is 10.5 Å². The van der Waals surface area contributed by atoms with Crippen LogP contribution >= 0.6 is 0 Å². The molecule has 0 unspecified atom stereocenters. The number of ether oxygens (including phenoxy) is 1. The van der Waals surface area contributed by atoms with Crippen molar-refractivity contribution in [1.29, 1.82) is 0 Å². The lowest BCUT2D eigenvalue weighted by molar-refractivity contribution is -0.144. The summed E-state index contributed by atoms with van der Waals surface area (Å²) in [6.07, 6.45) is -2.05. The van der Waals surface area contributed by atoms with Gasteiger partial charge in [0, 0.05) is 24.8 Å². The van der Waals surface area contributed by atoms with Gasteiger partial charge in [-0.05, 0) is 61.4 Å². The van der Waals surface area contributed by atoms with Gasteiger partial charge in [0.25, 0.3) is 0 Å². The first kappa shape index (κ1) is 28.8. The van der Waals surface area contributed by atoms with Crippen molar-refractivity contribution in [1.82, 2.24) is 0 Å². The molecular weight excluding hydrogens is 507 g/mol. The van der Waals surface area contributed by atoms with E-state index in [9.17, 15) is 31.2 Å². The number of benzene rings is 2. The Labute approximate surface area is 215 Å². The van der Waals surface area contributed by atoms with Crippen molar-refractivity contribution in [3.05, 3.63) is 65.7 Å². The molecule has 2 aromatic carbocycles. The van der Waals surface area contributed by atoms with Crippen LogP contribution < -0.4 is 5.73 Å². The van der Waals surface area contributed by atoms with E-state index in [1.54, 1.807) is 0 Å². The quantitative estimate of drug-likeness (QED) is 0.407. The average molecular weight is 540 g/mol. The molecular formula is C27H32F3NO5S. The fourth-order valence-electron chi connectivity index (χ4n) is 4.70. The lowest BCUT2D eigenvalue weighted by Gasteiger charge is -2.28. The fourth-order valence-corrected chi connectivity index (χ4v) is 6.40. The summed E-state index contributed by atoms with van der Waals surface area (Å²) < 4.78 is 69.2. The maximum atomic E-state index is 13.1. The molecule has 1 fully saturated rings. The van der Waals surface area contributed by atoms with E-state index in [-0.39, 0.29) is 60.2 Å². The molecule has 1 aliphatic carbocycles. The third-order valence-corrected chi connectivity index (χ3v) is 8.71. The van der Waals surface area contributed by atoms with Gasteiger partial charge in [-0.15, -0.1) is 0 Å². The maximum Gasteiger partial charge on any atom is 0.416 e. The number of carbonyl (C=O) groups excluding carboxylic acids is 2. The number of rotatable bonds is 11. The number of hydrogen-bond acceptors (Lipinski definition) is 6. The molecule has 0 bridgehead atoms. The number of carbonyl (C=O) groups is 2. The van der Waals surface area contributed by atoms with Gasteiger partial charge in [-0.3, -0.25) is 9.59 Å². The van der Waals surface area contributed by atoms with Gasteiger partial charge in [0.15, 0.2) is 9.84 Å². The second-order valence-electron chi connectivity index (χ2n) is 9.52. The molecule has 202 valence electrons. The van der Waals surface area contributed by atoms with E-state index in [4.69, 9.17) is 10.5 Å². The second-order valence-corrected chi connectivity index (χ2v) is 11.6. The van der Waals surface area contributed by atoms with Crippen LogP contribution in [0.4, 0.5) is 13.2 Å². The van der Waals surface area contributed by atoms with E-state index in [1.807, 2.05) is 30.3 Å². The van der Waals surface area contributed by atoms with E-state index in [2.05, 4.69) is 0 Å².